The number of carbonyl (C=O) groups excluding carboxylic acids is 1. The number of ketones is 1. The highest BCUT2D eigenvalue weighted by atomic mass is 16.1. The molecule has 1 rings (SSSR count). The van der Waals surface area contributed by atoms with Crippen molar-refractivity contribution in [2.45, 2.75) is 6.92 Å². The lowest BCUT2D eigenvalue weighted by molar-refractivity contribution is -0.125. The molecule has 0 amide bonds. The first-order valence-corrected chi connectivity index (χ1v) is 3.65. The molecule has 0 atom stereocenters. The molecule has 1 aliphatic heterocycles. The molecule has 58 valence electrons. The van der Waals surface area contributed by atoms with Crippen LogP contribution in [0.25, 0.3) is 0 Å². The molecule has 1 heterocycles. The van der Waals surface area contributed by atoms with Gasteiger partial charge >= 0.3 is 0 Å². The lowest BCUT2D eigenvalue weighted by Gasteiger charge is -2.30. The van der Waals surface area contributed by atoms with Gasteiger partial charge in [0.15, 0.2) is 5.78 Å². The Balaban J connectivity index is 2.42. The van der Waals surface area contributed by atoms with Gasteiger partial charge in [-0.25, -0.2) is 0 Å². The van der Waals surface area contributed by atoms with E-state index < -0.39 is 0 Å². The average Bonchev–Trinajstić information content (AvgIpc) is 1.85. The van der Waals surface area contributed by atoms with Crippen molar-refractivity contribution in [2.24, 2.45) is 0 Å². The van der Waals surface area contributed by atoms with Crippen LogP contribution in [0.3, 0.4) is 0 Å². The second-order valence-electron chi connectivity index (χ2n) is 2.84. The first kappa shape index (κ1) is 7.69. The molecule has 3 nitrogen and oxygen atoms in total. The minimum atomic E-state index is 0.329. The summed E-state index contributed by atoms with van der Waals surface area (Å²) in [6, 6.07) is 0. The van der Waals surface area contributed by atoms with Crippen LogP contribution in [0.4, 0.5) is 0 Å². The number of rotatable bonds is 1. The quantitative estimate of drug-likeness (QED) is 0.505. The van der Waals surface area contributed by atoms with E-state index in [1.807, 2.05) is 11.9 Å². The van der Waals surface area contributed by atoms with E-state index in [4.69, 9.17) is 0 Å². The van der Waals surface area contributed by atoms with Crippen molar-refractivity contribution in [1.82, 2.24) is 9.80 Å². The predicted molar refractivity (Wildman–Crippen MR) is 39.8 cm³/mol. The van der Waals surface area contributed by atoms with Crippen molar-refractivity contribution in [2.75, 3.05) is 33.4 Å². The molecule has 0 aromatic heterocycles. The molecular weight excluding hydrogens is 128 g/mol. The Bertz CT molecular complexity index is 136. The number of hydrogen-bond acceptors (Lipinski definition) is 3. The summed E-state index contributed by atoms with van der Waals surface area (Å²) >= 11 is 0. The summed E-state index contributed by atoms with van der Waals surface area (Å²) in [4.78, 5) is 15.1. The van der Waals surface area contributed by atoms with E-state index in [0.29, 0.717) is 18.9 Å². The molecule has 0 spiro atoms. The van der Waals surface area contributed by atoms with Crippen molar-refractivity contribution in [3.8, 4) is 0 Å². The Morgan fingerprint density at radius 1 is 1.50 bits per heavy atom. The van der Waals surface area contributed by atoms with E-state index in [-0.39, 0.29) is 0 Å². The fourth-order valence-electron chi connectivity index (χ4n) is 1.25. The zero-order chi connectivity index (χ0) is 7.56. The molecule has 1 aliphatic rings. The standard InChI is InChI=1S/C7H14N2O/c1-3-9-5-7(10)4-8(2)6-9/h3-6H2,1-2H3. The van der Waals surface area contributed by atoms with E-state index in [1.165, 1.54) is 0 Å². The van der Waals surface area contributed by atoms with Crippen LogP contribution in [0.1, 0.15) is 6.92 Å². The highest BCUT2D eigenvalue weighted by Gasteiger charge is 2.18. The normalized spacial score (nSPS) is 23.6. The van der Waals surface area contributed by atoms with Gasteiger partial charge in [0, 0.05) is 0 Å². The van der Waals surface area contributed by atoms with Crippen molar-refractivity contribution in [3.05, 3.63) is 0 Å². The van der Waals surface area contributed by atoms with Gasteiger partial charge in [0.2, 0.25) is 0 Å². The Morgan fingerprint density at radius 2 is 2.20 bits per heavy atom. The number of Topliss-reactive ketones (excluding diaryl/α,β-unsaturated/α-hetero) is 1. The minimum Gasteiger partial charge on any atom is -0.297 e. The summed E-state index contributed by atoms with van der Waals surface area (Å²) in [5, 5.41) is 0. The van der Waals surface area contributed by atoms with Crippen LogP contribution in [0, 0.1) is 0 Å². The molecule has 3 heteroatoms. The minimum absolute atomic E-state index is 0.329. The lowest BCUT2D eigenvalue weighted by Crippen LogP contribution is -2.47. The van der Waals surface area contributed by atoms with E-state index >= 15 is 0 Å². The van der Waals surface area contributed by atoms with Crippen LogP contribution in [0.15, 0.2) is 0 Å². The summed E-state index contributed by atoms with van der Waals surface area (Å²) in [6.45, 7) is 5.24. The van der Waals surface area contributed by atoms with E-state index in [1.54, 1.807) is 0 Å². The molecule has 0 saturated carbocycles. The van der Waals surface area contributed by atoms with Gasteiger partial charge in [0.25, 0.3) is 0 Å². The van der Waals surface area contributed by atoms with Crippen molar-refractivity contribution in [1.29, 1.82) is 0 Å². The molecule has 0 unspecified atom stereocenters. The molecule has 0 N–H and O–H groups in total. The third-order valence-electron chi connectivity index (χ3n) is 1.73. The number of nitrogens with zero attached hydrogens (tertiary/aromatic N) is 2. The molecule has 1 fully saturated rings. The van der Waals surface area contributed by atoms with Gasteiger partial charge in [-0.1, -0.05) is 6.92 Å². The van der Waals surface area contributed by atoms with Crippen LogP contribution in [0.2, 0.25) is 0 Å². The largest absolute Gasteiger partial charge is 0.297 e. The second-order valence-corrected chi connectivity index (χ2v) is 2.84. The van der Waals surface area contributed by atoms with Gasteiger partial charge in [0.05, 0.1) is 19.8 Å². The molecule has 0 bridgehead atoms. The number of likely N-dealkylation sites (N-methyl/N-ethyl adjacent to an activating group) is 2. The fraction of sp³-hybridized carbons (Fsp3) is 0.857. The summed E-state index contributed by atoms with van der Waals surface area (Å²) < 4.78 is 0. The van der Waals surface area contributed by atoms with E-state index in [2.05, 4.69) is 11.8 Å². The Hall–Kier alpha value is -0.410. The van der Waals surface area contributed by atoms with Crippen LogP contribution in [-0.4, -0.2) is 48.9 Å². The van der Waals surface area contributed by atoms with Crippen LogP contribution in [-0.2, 0) is 4.79 Å². The van der Waals surface area contributed by atoms with Gasteiger partial charge in [-0.3, -0.25) is 14.6 Å². The summed E-state index contributed by atoms with van der Waals surface area (Å²) in [7, 11) is 1.97. The Morgan fingerprint density at radius 3 is 2.70 bits per heavy atom. The van der Waals surface area contributed by atoms with Gasteiger partial charge in [-0.15, -0.1) is 0 Å². The summed E-state index contributed by atoms with van der Waals surface area (Å²) in [5.74, 6) is 0.329. The first-order valence-electron chi connectivity index (χ1n) is 3.65. The molecule has 0 aromatic rings. The van der Waals surface area contributed by atoms with Gasteiger partial charge in [-0.2, -0.15) is 0 Å². The second kappa shape index (κ2) is 3.12. The number of hydrogen-bond donors (Lipinski definition) is 0. The summed E-state index contributed by atoms with van der Waals surface area (Å²) in [6.07, 6.45) is 0. The maximum Gasteiger partial charge on any atom is 0.160 e. The van der Waals surface area contributed by atoms with Gasteiger partial charge in [0.1, 0.15) is 0 Å². The van der Waals surface area contributed by atoms with Crippen molar-refractivity contribution >= 4 is 5.78 Å². The lowest BCUT2D eigenvalue weighted by atomic mass is 10.3. The van der Waals surface area contributed by atoms with Crippen LogP contribution in [0.5, 0.6) is 0 Å². The summed E-state index contributed by atoms with van der Waals surface area (Å²) in [5.41, 5.74) is 0. The Kier molecular flexibility index (Phi) is 2.40. The average molecular weight is 142 g/mol. The SMILES string of the molecule is CCN1CC(=O)CN(C)C1. The van der Waals surface area contributed by atoms with E-state index in [0.717, 1.165) is 13.2 Å². The zero-order valence-corrected chi connectivity index (χ0v) is 6.63. The molecule has 10 heavy (non-hydrogen) atoms. The smallest absolute Gasteiger partial charge is 0.160 e. The molecule has 0 aromatic carbocycles. The third kappa shape index (κ3) is 1.78. The number of carbonyl (C=O) groups is 1. The highest BCUT2D eigenvalue weighted by Crippen LogP contribution is 1.98. The third-order valence-corrected chi connectivity index (χ3v) is 1.73. The molecule has 1 saturated heterocycles. The maximum absolute atomic E-state index is 11.0. The van der Waals surface area contributed by atoms with E-state index in [9.17, 15) is 4.79 Å². The van der Waals surface area contributed by atoms with Crippen molar-refractivity contribution < 1.29 is 4.79 Å². The topological polar surface area (TPSA) is 23.6 Å². The van der Waals surface area contributed by atoms with Crippen LogP contribution >= 0.6 is 0 Å². The molecule has 0 aliphatic carbocycles. The van der Waals surface area contributed by atoms with Gasteiger partial charge in [-0.05, 0) is 13.6 Å². The maximum atomic E-state index is 11.0. The fourth-order valence-corrected chi connectivity index (χ4v) is 1.25. The monoisotopic (exact) mass is 142 g/mol. The van der Waals surface area contributed by atoms with Crippen LogP contribution < -0.4 is 0 Å². The Labute approximate surface area is 61.6 Å². The van der Waals surface area contributed by atoms with Crippen molar-refractivity contribution in [3.63, 3.8) is 0 Å². The zero-order valence-electron chi connectivity index (χ0n) is 6.63. The molecular formula is C7H14N2O. The first-order chi connectivity index (χ1) is 4.72. The highest BCUT2D eigenvalue weighted by molar-refractivity contribution is 5.83. The van der Waals surface area contributed by atoms with Gasteiger partial charge < -0.3 is 0 Å². The predicted octanol–water partition coefficient (Wildman–Crippen LogP) is -0.220. The molecule has 0 radical (unpaired) electrons.